The predicted molar refractivity (Wildman–Crippen MR) is 69.6 cm³/mol. The second-order valence-corrected chi connectivity index (χ2v) is 5.17. The van der Waals surface area contributed by atoms with Crippen LogP contribution in [0.2, 0.25) is 5.02 Å². The predicted octanol–water partition coefficient (Wildman–Crippen LogP) is 4.47. The van der Waals surface area contributed by atoms with E-state index in [1.807, 2.05) is 18.2 Å². The van der Waals surface area contributed by atoms with Crippen LogP contribution in [-0.2, 0) is 0 Å². The summed E-state index contributed by atoms with van der Waals surface area (Å²) in [5.41, 5.74) is 2.12. The lowest BCUT2D eigenvalue weighted by molar-refractivity contribution is 0.526. The largest absolute Gasteiger partial charge is 0.331 e. The second-order valence-electron chi connectivity index (χ2n) is 4.37. The summed E-state index contributed by atoms with van der Waals surface area (Å²) >= 11 is 11.7. The summed E-state index contributed by atoms with van der Waals surface area (Å²) in [7, 11) is 0. The van der Waals surface area contributed by atoms with Gasteiger partial charge in [-0.25, -0.2) is 0 Å². The van der Waals surface area contributed by atoms with Crippen LogP contribution in [0.4, 0.5) is 0 Å². The van der Waals surface area contributed by atoms with Crippen LogP contribution in [0.3, 0.4) is 0 Å². The van der Waals surface area contributed by atoms with Crippen LogP contribution in [0.1, 0.15) is 31.7 Å². The highest BCUT2D eigenvalue weighted by molar-refractivity contribution is 7.71. The number of aromatic amines is 1. The van der Waals surface area contributed by atoms with Gasteiger partial charge in [-0.2, -0.15) is 0 Å². The molecule has 3 rings (SSSR count). The van der Waals surface area contributed by atoms with Crippen molar-refractivity contribution in [3.63, 3.8) is 0 Å². The van der Waals surface area contributed by atoms with Gasteiger partial charge in [0.2, 0.25) is 0 Å². The molecule has 1 N–H and O–H groups in total. The molecule has 1 aliphatic rings. The quantitative estimate of drug-likeness (QED) is 0.743. The summed E-state index contributed by atoms with van der Waals surface area (Å²) in [5, 5.41) is 0.789. The summed E-state index contributed by atoms with van der Waals surface area (Å²) < 4.78 is 3.01. The molecule has 16 heavy (non-hydrogen) atoms. The Morgan fingerprint density at radius 1 is 1.31 bits per heavy atom. The molecule has 0 saturated heterocycles. The zero-order valence-corrected chi connectivity index (χ0v) is 10.4. The topological polar surface area (TPSA) is 20.7 Å². The van der Waals surface area contributed by atoms with E-state index in [-0.39, 0.29) is 0 Å². The Hall–Kier alpha value is -0.800. The van der Waals surface area contributed by atoms with E-state index in [0.717, 1.165) is 20.8 Å². The highest BCUT2D eigenvalue weighted by Gasteiger charge is 2.20. The first-order chi connectivity index (χ1) is 7.77. The van der Waals surface area contributed by atoms with Gasteiger partial charge >= 0.3 is 0 Å². The van der Waals surface area contributed by atoms with Crippen molar-refractivity contribution in [1.82, 2.24) is 9.55 Å². The zero-order chi connectivity index (χ0) is 11.1. The maximum atomic E-state index is 6.27. The van der Waals surface area contributed by atoms with Gasteiger partial charge in [-0.05, 0) is 37.2 Å². The van der Waals surface area contributed by atoms with Crippen LogP contribution in [-0.4, -0.2) is 9.55 Å². The summed E-state index contributed by atoms with van der Waals surface area (Å²) in [6, 6.07) is 6.44. The second kappa shape index (κ2) is 3.90. The number of rotatable bonds is 1. The van der Waals surface area contributed by atoms with Gasteiger partial charge in [0.05, 0.1) is 16.1 Å². The molecular formula is C12H13ClN2S. The first kappa shape index (κ1) is 10.4. The number of nitrogens with zero attached hydrogens (tertiary/aromatic N) is 1. The number of para-hydroxylation sites is 1. The van der Waals surface area contributed by atoms with E-state index in [1.165, 1.54) is 25.7 Å². The van der Waals surface area contributed by atoms with Crippen LogP contribution in [0.5, 0.6) is 0 Å². The van der Waals surface area contributed by atoms with Gasteiger partial charge in [-0.3, -0.25) is 0 Å². The number of hydrogen-bond acceptors (Lipinski definition) is 1. The average molecular weight is 253 g/mol. The summed E-state index contributed by atoms with van der Waals surface area (Å²) in [4.78, 5) is 3.24. The van der Waals surface area contributed by atoms with Crippen LogP contribution in [0.15, 0.2) is 18.2 Å². The van der Waals surface area contributed by atoms with Crippen molar-refractivity contribution in [1.29, 1.82) is 0 Å². The van der Waals surface area contributed by atoms with Gasteiger partial charge in [0, 0.05) is 6.04 Å². The summed E-state index contributed by atoms with van der Waals surface area (Å²) in [6.07, 6.45) is 5.02. The first-order valence-electron chi connectivity index (χ1n) is 5.66. The third kappa shape index (κ3) is 1.50. The molecule has 84 valence electrons. The molecule has 0 aliphatic heterocycles. The van der Waals surface area contributed by atoms with E-state index in [2.05, 4.69) is 9.55 Å². The molecule has 0 bridgehead atoms. The van der Waals surface area contributed by atoms with Crippen LogP contribution in [0.25, 0.3) is 11.0 Å². The van der Waals surface area contributed by atoms with Gasteiger partial charge in [0.15, 0.2) is 4.77 Å². The molecule has 0 amide bonds. The summed E-state index contributed by atoms with van der Waals surface area (Å²) in [5.74, 6) is 0. The smallest absolute Gasteiger partial charge is 0.178 e. The number of H-pyrrole nitrogens is 1. The Labute approximate surface area is 104 Å². The van der Waals surface area contributed by atoms with Crippen LogP contribution in [0, 0.1) is 4.77 Å². The fraction of sp³-hybridized carbons (Fsp3) is 0.417. The SMILES string of the molecule is S=c1[nH]c2cccc(Cl)c2n1C1CCCC1. The highest BCUT2D eigenvalue weighted by Crippen LogP contribution is 2.34. The maximum absolute atomic E-state index is 6.27. The van der Waals surface area contributed by atoms with E-state index in [0.29, 0.717) is 6.04 Å². The van der Waals surface area contributed by atoms with Crippen molar-refractivity contribution in [2.75, 3.05) is 0 Å². The van der Waals surface area contributed by atoms with Crippen molar-refractivity contribution < 1.29 is 0 Å². The molecule has 1 saturated carbocycles. The van der Waals surface area contributed by atoms with Crippen molar-refractivity contribution in [2.45, 2.75) is 31.7 Å². The van der Waals surface area contributed by atoms with Crippen molar-refractivity contribution in [3.05, 3.63) is 28.0 Å². The standard InChI is InChI=1S/C12H13ClN2S/c13-9-6-3-7-10-11(9)15(12(16)14-10)8-4-1-2-5-8/h3,6-8H,1-2,4-5H2,(H,14,16). The van der Waals surface area contributed by atoms with Gasteiger partial charge in [-0.15, -0.1) is 0 Å². The number of imidazole rings is 1. The van der Waals surface area contributed by atoms with E-state index in [4.69, 9.17) is 23.8 Å². The van der Waals surface area contributed by atoms with E-state index >= 15 is 0 Å². The number of nitrogens with one attached hydrogen (secondary N) is 1. The fourth-order valence-electron chi connectivity index (χ4n) is 2.65. The number of fused-ring (bicyclic) bond motifs is 1. The lowest BCUT2D eigenvalue weighted by Gasteiger charge is -2.12. The number of hydrogen-bond donors (Lipinski definition) is 1. The van der Waals surface area contributed by atoms with Crippen LogP contribution < -0.4 is 0 Å². The van der Waals surface area contributed by atoms with Crippen LogP contribution >= 0.6 is 23.8 Å². The Bertz CT molecular complexity index is 578. The number of halogens is 1. The molecule has 1 aromatic heterocycles. The minimum Gasteiger partial charge on any atom is -0.331 e. The molecular weight excluding hydrogens is 240 g/mol. The molecule has 1 aliphatic carbocycles. The summed E-state index contributed by atoms with van der Waals surface area (Å²) in [6.45, 7) is 0. The lowest BCUT2D eigenvalue weighted by atomic mass is 10.2. The van der Waals surface area contributed by atoms with Crippen molar-refractivity contribution >= 4 is 34.9 Å². The van der Waals surface area contributed by atoms with E-state index < -0.39 is 0 Å². The molecule has 0 spiro atoms. The molecule has 0 atom stereocenters. The molecule has 0 unspecified atom stereocenters. The molecule has 4 heteroatoms. The number of benzene rings is 1. The minimum absolute atomic E-state index is 0.529. The Kier molecular flexibility index (Phi) is 2.52. The van der Waals surface area contributed by atoms with E-state index in [9.17, 15) is 0 Å². The zero-order valence-electron chi connectivity index (χ0n) is 8.87. The molecule has 1 aromatic carbocycles. The fourth-order valence-corrected chi connectivity index (χ4v) is 3.26. The minimum atomic E-state index is 0.529. The van der Waals surface area contributed by atoms with Crippen molar-refractivity contribution in [2.24, 2.45) is 0 Å². The monoisotopic (exact) mass is 252 g/mol. The third-order valence-corrected chi connectivity index (χ3v) is 3.98. The maximum Gasteiger partial charge on any atom is 0.178 e. The molecule has 1 heterocycles. The van der Waals surface area contributed by atoms with Crippen molar-refractivity contribution in [3.8, 4) is 0 Å². The van der Waals surface area contributed by atoms with Gasteiger partial charge in [0.1, 0.15) is 0 Å². The Morgan fingerprint density at radius 3 is 2.81 bits per heavy atom. The average Bonchev–Trinajstić information content (AvgIpc) is 2.84. The molecule has 0 radical (unpaired) electrons. The first-order valence-corrected chi connectivity index (χ1v) is 6.45. The molecule has 2 nitrogen and oxygen atoms in total. The van der Waals surface area contributed by atoms with Gasteiger partial charge < -0.3 is 9.55 Å². The Morgan fingerprint density at radius 2 is 2.06 bits per heavy atom. The van der Waals surface area contributed by atoms with E-state index in [1.54, 1.807) is 0 Å². The van der Waals surface area contributed by atoms with Gasteiger partial charge in [0.25, 0.3) is 0 Å². The molecule has 1 fully saturated rings. The highest BCUT2D eigenvalue weighted by atomic mass is 35.5. The molecule has 2 aromatic rings. The Balaban J connectivity index is 2.29. The lowest BCUT2D eigenvalue weighted by Crippen LogP contribution is -2.04. The van der Waals surface area contributed by atoms with Gasteiger partial charge in [-0.1, -0.05) is 30.5 Å². The third-order valence-electron chi connectivity index (χ3n) is 3.38. The number of aromatic nitrogens is 2. The normalized spacial score (nSPS) is 17.3.